The van der Waals surface area contributed by atoms with E-state index in [0.717, 1.165) is 0 Å². The molecule has 3 saturated heterocycles. The van der Waals surface area contributed by atoms with E-state index in [1.165, 1.54) is 4.90 Å². The second kappa shape index (κ2) is 9.22. The fourth-order valence-electron chi connectivity index (χ4n) is 6.24. The number of hydrogen-bond acceptors (Lipinski definition) is 6. The number of rotatable bonds is 8. The maximum atomic E-state index is 13.8. The first kappa shape index (κ1) is 24.3. The van der Waals surface area contributed by atoms with Crippen LogP contribution in [0.4, 0.5) is 11.4 Å². The number of fused-ring (bicyclic) bond motifs is 1. The Morgan fingerprint density at radius 2 is 1.72 bits per heavy atom. The first-order valence-corrected chi connectivity index (χ1v) is 12.3. The third-order valence-electron chi connectivity index (χ3n) is 7.76. The van der Waals surface area contributed by atoms with Gasteiger partial charge in [-0.15, -0.1) is 0 Å². The van der Waals surface area contributed by atoms with E-state index in [-0.39, 0.29) is 30.9 Å². The number of carbonyl (C=O) groups excluding carboxylic acids is 3. The molecule has 3 N–H and O–H groups in total. The maximum Gasteiger partial charge on any atom is 0.250 e. The molecule has 2 bridgehead atoms. The van der Waals surface area contributed by atoms with Gasteiger partial charge in [0.05, 0.1) is 24.5 Å². The number of carbonyl (C=O) groups is 3. The van der Waals surface area contributed by atoms with Crippen molar-refractivity contribution in [2.75, 3.05) is 30.9 Å². The number of hydrogen-bond donors (Lipinski definition) is 3. The van der Waals surface area contributed by atoms with Crippen LogP contribution in [0.25, 0.3) is 0 Å². The van der Waals surface area contributed by atoms with E-state index in [4.69, 9.17) is 9.47 Å². The molecule has 3 aliphatic heterocycles. The molecule has 1 spiro atoms. The lowest BCUT2D eigenvalue weighted by Gasteiger charge is -2.33. The van der Waals surface area contributed by atoms with Crippen molar-refractivity contribution in [1.82, 2.24) is 4.90 Å². The SMILES string of the molecule is COc1ccc(NC(=O)C2N(CCCO)C(=O)[C@@H]3[C@H](C(=O)Nc4ccccc4)[C@]4(C)CCC23O4)cc1. The maximum absolute atomic E-state index is 13.8. The third kappa shape index (κ3) is 3.83. The van der Waals surface area contributed by atoms with Crippen LogP contribution in [0.1, 0.15) is 26.2 Å². The molecule has 3 aliphatic rings. The third-order valence-corrected chi connectivity index (χ3v) is 7.76. The summed E-state index contributed by atoms with van der Waals surface area (Å²) in [7, 11) is 1.56. The van der Waals surface area contributed by atoms with Gasteiger partial charge in [0.25, 0.3) is 0 Å². The molecule has 3 amide bonds. The van der Waals surface area contributed by atoms with Crippen molar-refractivity contribution in [3.63, 3.8) is 0 Å². The molecule has 2 aromatic carbocycles. The number of benzene rings is 2. The van der Waals surface area contributed by atoms with Crippen molar-refractivity contribution in [3.8, 4) is 5.75 Å². The van der Waals surface area contributed by atoms with E-state index in [0.29, 0.717) is 36.4 Å². The topological polar surface area (TPSA) is 117 Å². The zero-order chi connectivity index (χ0) is 25.5. The van der Waals surface area contributed by atoms with Crippen molar-refractivity contribution in [3.05, 3.63) is 54.6 Å². The molecule has 2 unspecified atom stereocenters. The highest BCUT2D eigenvalue weighted by molar-refractivity contribution is 6.05. The van der Waals surface area contributed by atoms with Gasteiger partial charge in [0.1, 0.15) is 17.4 Å². The number of amides is 3. The Balaban J connectivity index is 1.47. The van der Waals surface area contributed by atoms with Crippen LogP contribution in [0.2, 0.25) is 0 Å². The Kier molecular flexibility index (Phi) is 6.22. The van der Waals surface area contributed by atoms with Gasteiger partial charge in [0.2, 0.25) is 17.7 Å². The Labute approximate surface area is 209 Å². The lowest BCUT2D eigenvalue weighted by Crippen LogP contribution is -2.53. The standard InChI is InChI=1S/C27H31N3O6/c1-26-13-14-27(36-26)21(20(26)23(32)28-17-7-4-3-5-8-17)25(34)30(15-6-16-31)22(27)24(33)29-18-9-11-19(35-2)12-10-18/h3-5,7-12,20-22,31H,6,13-16H2,1-2H3,(H,28,32)(H,29,33)/t20-,21+,22?,26+,27?/m1/s1. The van der Waals surface area contributed by atoms with Gasteiger partial charge in [-0.05, 0) is 62.6 Å². The molecule has 36 heavy (non-hydrogen) atoms. The molecule has 0 radical (unpaired) electrons. The summed E-state index contributed by atoms with van der Waals surface area (Å²) in [5.41, 5.74) is -0.774. The summed E-state index contributed by atoms with van der Waals surface area (Å²) in [6.07, 6.45) is 1.37. The van der Waals surface area contributed by atoms with E-state index >= 15 is 0 Å². The normalized spacial score (nSPS) is 30.2. The average Bonchev–Trinajstić information content (AvgIpc) is 3.44. The number of ether oxygens (including phenoxy) is 2. The molecule has 190 valence electrons. The summed E-state index contributed by atoms with van der Waals surface area (Å²) in [4.78, 5) is 42.6. The van der Waals surface area contributed by atoms with Crippen LogP contribution < -0.4 is 15.4 Å². The quantitative estimate of drug-likeness (QED) is 0.520. The van der Waals surface area contributed by atoms with Gasteiger partial charge in [0, 0.05) is 24.5 Å². The summed E-state index contributed by atoms with van der Waals surface area (Å²) in [5.74, 6) is -1.82. The summed E-state index contributed by atoms with van der Waals surface area (Å²) in [6, 6.07) is 15.1. The van der Waals surface area contributed by atoms with Crippen LogP contribution in [0.15, 0.2) is 54.6 Å². The molecule has 2 aromatic rings. The molecule has 9 nitrogen and oxygen atoms in total. The predicted octanol–water partition coefficient (Wildman–Crippen LogP) is 2.42. The van der Waals surface area contributed by atoms with Crippen molar-refractivity contribution < 1.29 is 29.0 Å². The number of likely N-dealkylation sites (tertiary alicyclic amines) is 1. The summed E-state index contributed by atoms with van der Waals surface area (Å²) in [5, 5.41) is 15.3. The second-order valence-electron chi connectivity index (χ2n) is 9.91. The molecule has 5 atom stereocenters. The smallest absolute Gasteiger partial charge is 0.250 e. The number of methoxy groups -OCH3 is 1. The minimum Gasteiger partial charge on any atom is -0.497 e. The zero-order valence-electron chi connectivity index (χ0n) is 20.4. The highest BCUT2D eigenvalue weighted by atomic mass is 16.5. The zero-order valence-corrected chi connectivity index (χ0v) is 20.4. The molecule has 5 rings (SSSR count). The minimum absolute atomic E-state index is 0.120. The van der Waals surface area contributed by atoms with Crippen molar-refractivity contribution in [1.29, 1.82) is 0 Å². The fourth-order valence-corrected chi connectivity index (χ4v) is 6.24. The monoisotopic (exact) mass is 493 g/mol. The molecule has 0 aliphatic carbocycles. The number of aliphatic hydroxyl groups is 1. The van der Waals surface area contributed by atoms with Crippen molar-refractivity contribution >= 4 is 29.1 Å². The number of nitrogens with zero attached hydrogens (tertiary/aromatic N) is 1. The Morgan fingerprint density at radius 3 is 2.39 bits per heavy atom. The number of nitrogens with one attached hydrogen (secondary N) is 2. The first-order valence-electron chi connectivity index (χ1n) is 12.3. The minimum atomic E-state index is -1.11. The van der Waals surface area contributed by atoms with E-state index < -0.39 is 29.1 Å². The van der Waals surface area contributed by atoms with Gasteiger partial charge < -0.3 is 30.1 Å². The fraction of sp³-hybridized carbons (Fsp3) is 0.444. The van der Waals surface area contributed by atoms with Gasteiger partial charge in [-0.1, -0.05) is 18.2 Å². The van der Waals surface area contributed by atoms with E-state index in [2.05, 4.69) is 10.6 Å². The molecule has 0 aromatic heterocycles. The number of anilines is 2. The molecule has 9 heteroatoms. The lowest BCUT2D eigenvalue weighted by molar-refractivity contribution is -0.143. The first-order chi connectivity index (χ1) is 17.3. The summed E-state index contributed by atoms with van der Waals surface area (Å²) in [6.45, 7) is 1.94. The molecule has 0 saturated carbocycles. The van der Waals surface area contributed by atoms with Gasteiger partial charge >= 0.3 is 0 Å². The van der Waals surface area contributed by atoms with Gasteiger partial charge in [0.15, 0.2) is 0 Å². The molecular formula is C27H31N3O6. The Morgan fingerprint density at radius 1 is 1.06 bits per heavy atom. The van der Waals surface area contributed by atoms with Crippen molar-refractivity contribution in [2.24, 2.45) is 11.8 Å². The van der Waals surface area contributed by atoms with Crippen LogP contribution in [-0.4, -0.2) is 65.2 Å². The summed E-state index contributed by atoms with van der Waals surface area (Å²) < 4.78 is 11.8. The highest BCUT2D eigenvalue weighted by Crippen LogP contribution is 2.63. The predicted molar refractivity (Wildman–Crippen MR) is 132 cm³/mol. The van der Waals surface area contributed by atoms with Crippen molar-refractivity contribution in [2.45, 2.75) is 43.4 Å². The average molecular weight is 494 g/mol. The number of aliphatic hydroxyl groups excluding tert-OH is 1. The molecule has 3 heterocycles. The van der Waals surface area contributed by atoms with E-state index in [1.54, 1.807) is 43.5 Å². The van der Waals surface area contributed by atoms with Crippen LogP contribution in [0, 0.1) is 11.8 Å². The van der Waals surface area contributed by atoms with Crippen LogP contribution >= 0.6 is 0 Å². The second-order valence-corrected chi connectivity index (χ2v) is 9.91. The Hall–Kier alpha value is -3.43. The van der Waals surface area contributed by atoms with E-state index in [9.17, 15) is 19.5 Å². The highest BCUT2D eigenvalue weighted by Gasteiger charge is 2.77. The lowest BCUT2D eigenvalue weighted by atomic mass is 9.66. The van der Waals surface area contributed by atoms with Crippen LogP contribution in [-0.2, 0) is 19.1 Å². The van der Waals surface area contributed by atoms with Gasteiger partial charge in [-0.25, -0.2) is 0 Å². The number of para-hydroxylation sites is 1. The van der Waals surface area contributed by atoms with E-state index in [1.807, 2.05) is 25.1 Å². The molecule has 3 fully saturated rings. The van der Waals surface area contributed by atoms with Crippen LogP contribution in [0.3, 0.4) is 0 Å². The van der Waals surface area contributed by atoms with Crippen LogP contribution in [0.5, 0.6) is 5.75 Å². The summed E-state index contributed by atoms with van der Waals surface area (Å²) >= 11 is 0. The molecular weight excluding hydrogens is 462 g/mol. The Bertz CT molecular complexity index is 1160. The van der Waals surface area contributed by atoms with Gasteiger partial charge in [-0.3, -0.25) is 14.4 Å². The largest absolute Gasteiger partial charge is 0.497 e. The van der Waals surface area contributed by atoms with Gasteiger partial charge in [-0.2, -0.15) is 0 Å².